The van der Waals surface area contributed by atoms with Gasteiger partial charge in [0.05, 0.1) is 11.4 Å². The van der Waals surface area contributed by atoms with Crippen LogP contribution in [0.1, 0.15) is 39.0 Å². The van der Waals surface area contributed by atoms with Gasteiger partial charge in [0.25, 0.3) is 0 Å². The topological polar surface area (TPSA) is 86.8 Å². The van der Waals surface area contributed by atoms with Crippen LogP contribution >= 0.6 is 0 Å². The van der Waals surface area contributed by atoms with Crippen LogP contribution in [-0.4, -0.2) is 56.1 Å². The van der Waals surface area contributed by atoms with Crippen LogP contribution in [0.3, 0.4) is 0 Å². The number of nitrogens with one attached hydrogen (secondary N) is 1. The number of benzene rings is 1. The lowest BCUT2D eigenvalue weighted by atomic mass is 9.75. The Hall–Kier alpha value is -1.93. The zero-order valence-corrected chi connectivity index (χ0v) is 17.4. The zero-order valence-electron chi connectivity index (χ0n) is 16.6. The molecule has 3 rings (SSSR count). The number of carbonyl (C=O) groups excluding carboxylic acids is 2. The van der Waals surface area contributed by atoms with E-state index in [4.69, 9.17) is 0 Å². The van der Waals surface area contributed by atoms with Gasteiger partial charge >= 0.3 is 0 Å². The van der Waals surface area contributed by atoms with Crippen molar-refractivity contribution in [3.63, 3.8) is 0 Å². The SMILES string of the molecule is CC(=O)Nc1ccc(S(=O)(=O)N(C)CC(=O)N2CC[C@@H]3CCCC[C@@H]3C2)cc1. The van der Waals surface area contributed by atoms with Crippen molar-refractivity contribution in [1.29, 1.82) is 0 Å². The van der Waals surface area contributed by atoms with E-state index in [1.54, 1.807) is 0 Å². The summed E-state index contributed by atoms with van der Waals surface area (Å²) in [5, 5.41) is 2.60. The minimum Gasteiger partial charge on any atom is -0.341 e. The molecule has 2 fully saturated rings. The van der Waals surface area contributed by atoms with E-state index in [0.717, 1.165) is 29.7 Å². The van der Waals surface area contributed by atoms with Gasteiger partial charge in [0.2, 0.25) is 21.8 Å². The van der Waals surface area contributed by atoms with E-state index < -0.39 is 10.0 Å². The van der Waals surface area contributed by atoms with Crippen molar-refractivity contribution in [2.24, 2.45) is 11.8 Å². The normalized spacial score (nSPS) is 22.6. The molecule has 0 unspecified atom stereocenters. The van der Waals surface area contributed by atoms with E-state index in [0.29, 0.717) is 11.6 Å². The molecule has 2 aliphatic rings. The largest absolute Gasteiger partial charge is 0.341 e. The summed E-state index contributed by atoms with van der Waals surface area (Å²) in [6, 6.07) is 5.96. The van der Waals surface area contributed by atoms with Crippen molar-refractivity contribution >= 4 is 27.5 Å². The molecule has 1 heterocycles. The maximum atomic E-state index is 12.8. The van der Waals surface area contributed by atoms with Crippen LogP contribution in [0.15, 0.2) is 29.2 Å². The summed E-state index contributed by atoms with van der Waals surface area (Å²) in [5.74, 6) is 0.932. The summed E-state index contributed by atoms with van der Waals surface area (Å²) in [5.41, 5.74) is 0.528. The quantitative estimate of drug-likeness (QED) is 0.811. The zero-order chi connectivity index (χ0) is 20.3. The molecular weight excluding hydrogens is 378 g/mol. The lowest BCUT2D eigenvalue weighted by Crippen LogP contribution is -2.48. The van der Waals surface area contributed by atoms with Crippen molar-refractivity contribution in [2.75, 3.05) is 32.0 Å². The van der Waals surface area contributed by atoms with Crippen LogP contribution in [0.4, 0.5) is 5.69 Å². The lowest BCUT2D eigenvalue weighted by Gasteiger charge is -2.41. The molecule has 2 amide bonds. The average molecular weight is 408 g/mol. The number of amides is 2. The number of rotatable bonds is 5. The van der Waals surface area contributed by atoms with Crippen molar-refractivity contribution in [2.45, 2.75) is 43.9 Å². The number of piperidine rings is 1. The maximum Gasteiger partial charge on any atom is 0.243 e. The van der Waals surface area contributed by atoms with Gasteiger partial charge in [0, 0.05) is 32.7 Å². The summed E-state index contributed by atoms with van der Waals surface area (Å²) < 4.78 is 26.7. The molecule has 1 N–H and O–H groups in total. The Kier molecular flexibility index (Phi) is 6.40. The van der Waals surface area contributed by atoms with Gasteiger partial charge in [0.1, 0.15) is 0 Å². The molecule has 28 heavy (non-hydrogen) atoms. The first kappa shape index (κ1) is 20.8. The Balaban J connectivity index is 1.61. The Morgan fingerprint density at radius 1 is 1.11 bits per heavy atom. The molecule has 154 valence electrons. The van der Waals surface area contributed by atoms with Gasteiger partial charge in [-0.25, -0.2) is 8.42 Å². The highest BCUT2D eigenvalue weighted by Gasteiger charge is 2.34. The number of hydrogen-bond donors (Lipinski definition) is 1. The Bertz CT molecular complexity index is 822. The average Bonchev–Trinajstić information content (AvgIpc) is 2.67. The maximum absolute atomic E-state index is 12.8. The van der Waals surface area contributed by atoms with Gasteiger partial charge in [-0.2, -0.15) is 4.31 Å². The predicted molar refractivity (Wildman–Crippen MR) is 107 cm³/mol. The molecule has 1 aliphatic carbocycles. The summed E-state index contributed by atoms with van der Waals surface area (Å²) in [6.07, 6.45) is 5.97. The van der Waals surface area contributed by atoms with E-state index in [-0.39, 0.29) is 23.3 Å². The first-order valence-corrected chi connectivity index (χ1v) is 11.3. The second kappa shape index (κ2) is 8.61. The number of likely N-dealkylation sites (N-methyl/N-ethyl adjacent to an activating group) is 1. The fraction of sp³-hybridized carbons (Fsp3) is 0.600. The molecule has 0 radical (unpaired) electrons. The summed E-state index contributed by atoms with van der Waals surface area (Å²) >= 11 is 0. The van der Waals surface area contributed by atoms with Gasteiger partial charge in [-0.05, 0) is 48.9 Å². The molecule has 1 saturated heterocycles. The summed E-state index contributed by atoms with van der Waals surface area (Å²) in [7, 11) is -2.34. The van der Waals surface area contributed by atoms with E-state index in [1.807, 2.05) is 4.90 Å². The molecule has 7 nitrogen and oxygen atoms in total. The first-order valence-electron chi connectivity index (χ1n) is 9.89. The van der Waals surface area contributed by atoms with Crippen LogP contribution in [0, 0.1) is 11.8 Å². The number of hydrogen-bond acceptors (Lipinski definition) is 4. The monoisotopic (exact) mass is 407 g/mol. The molecule has 0 aromatic heterocycles. The van der Waals surface area contributed by atoms with Crippen molar-refractivity contribution in [3.8, 4) is 0 Å². The summed E-state index contributed by atoms with van der Waals surface area (Å²) in [4.78, 5) is 25.7. The Labute approximate surface area is 167 Å². The highest BCUT2D eigenvalue weighted by atomic mass is 32.2. The molecule has 1 aromatic carbocycles. The molecule has 1 aromatic rings. The van der Waals surface area contributed by atoms with Crippen molar-refractivity contribution in [3.05, 3.63) is 24.3 Å². The third-order valence-corrected chi connectivity index (χ3v) is 7.70. The number of fused-ring (bicyclic) bond motifs is 1. The fourth-order valence-electron chi connectivity index (χ4n) is 4.30. The molecule has 0 spiro atoms. The third-order valence-electron chi connectivity index (χ3n) is 5.88. The first-order chi connectivity index (χ1) is 13.3. The van der Waals surface area contributed by atoms with E-state index in [2.05, 4.69) is 5.32 Å². The number of carbonyl (C=O) groups is 2. The number of anilines is 1. The highest BCUT2D eigenvalue weighted by molar-refractivity contribution is 7.89. The second-order valence-electron chi connectivity index (χ2n) is 7.90. The molecule has 2 atom stereocenters. The Morgan fingerprint density at radius 2 is 1.75 bits per heavy atom. The molecule has 8 heteroatoms. The summed E-state index contributed by atoms with van der Waals surface area (Å²) in [6.45, 7) is 2.70. The van der Waals surface area contributed by atoms with Crippen LogP contribution in [0.5, 0.6) is 0 Å². The van der Waals surface area contributed by atoms with Crippen molar-refractivity contribution in [1.82, 2.24) is 9.21 Å². The molecular formula is C20H29N3O4S. The minimum absolute atomic E-state index is 0.0999. The molecule has 1 aliphatic heterocycles. The minimum atomic E-state index is -3.77. The van der Waals surface area contributed by atoms with Crippen molar-refractivity contribution < 1.29 is 18.0 Å². The molecule has 1 saturated carbocycles. The van der Waals surface area contributed by atoms with E-state index >= 15 is 0 Å². The van der Waals surface area contributed by atoms with Crippen LogP contribution < -0.4 is 5.32 Å². The van der Waals surface area contributed by atoms with Gasteiger partial charge < -0.3 is 10.2 Å². The standard InChI is InChI=1S/C20H29N3O4S/c1-15(24)21-18-7-9-19(10-8-18)28(26,27)22(2)14-20(25)23-12-11-16-5-3-4-6-17(16)13-23/h7-10,16-17H,3-6,11-14H2,1-2H3,(H,21,24)/t16-,17+/m0/s1. The highest BCUT2D eigenvalue weighted by Crippen LogP contribution is 2.36. The van der Waals surface area contributed by atoms with Gasteiger partial charge in [-0.15, -0.1) is 0 Å². The smallest absolute Gasteiger partial charge is 0.243 e. The van der Waals surface area contributed by atoms with E-state index in [1.165, 1.54) is 63.9 Å². The predicted octanol–water partition coefficient (Wildman–Crippen LogP) is 2.30. The lowest BCUT2D eigenvalue weighted by molar-refractivity contribution is -0.134. The second-order valence-corrected chi connectivity index (χ2v) is 9.94. The van der Waals surface area contributed by atoms with Crippen LogP contribution in [0.2, 0.25) is 0 Å². The molecule has 0 bridgehead atoms. The van der Waals surface area contributed by atoms with Gasteiger partial charge in [-0.1, -0.05) is 19.3 Å². The Morgan fingerprint density at radius 3 is 2.39 bits per heavy atom. The number of likely N-dealkylation sites (tertiary alicyclic amines) is 1. The van der Waals surface area contributed by atoms with E-state index in [9.17, 15) is 18.0 Å². The fourth-order valence-corrected chi connectivity index (χ4v) is 5.42. The van der Waals surface area contributed by atoms with Gasteiger partial charge in [0.15, 0.2) is 0 Å². The number of sulfonamides is 1. The third kappa shape index (κ3) is 4.72. The number of nitrogens with zero attached hydrogens (tertiary/aromatic N) is 2. The van der Waals surface area contributed by atoms with Gasteiger partial charge in [-0.3, -0.25) is 9.59 Å². The van der Waals surface area contributed by atoms with Crippen LogP contribution in [0.25, 0.3) is 0 Å². The van der Waals surface area contributed by atoms with Crippen LogP contribution in [-0.2, 0) is 19.6 Å².